The molecule has 108 valence electrons. The number of aliphatic hydroxyl groups excluding tert-OH is 1. The van der Waals surface area contributed by atoms with Gasteiger partial charge < -0.3 is 20.4 Å². The maximum absolute atomic E-state index is 11.5. The van der Waals surface area contributed by atoms with Gasteiger partial charge in [0.05, 0.1) is 6.10 Å². The van der Waals surface area contributed by atoms with Crippen LogP contribution >= 0.6 is 0 Å². The summed E-state index contributed by atoms with van der Waals surface area (Å²) in [5.41, 5.74) is 2.45. The normalized spacial score (nSPS) is 15.5. The highest BCUT2D eigenvalue weighted by Gasteiger charge is 2.20. The van der Waals surface area contributed by atoms with E-state index in [1.54, 1.807) is 24.1 Å². The first-order valence-corrected chi connectivity index (χ1v) is 6.52. The van der Waals surface area contributed by atoms with Gasteiger partial charge in [-0.15, -0.1) is 0 Å². The van der Waals surface area contributed by atoms with Crippen LogP contribution in [0, 0.1) is 0 Å². The monoisotopic (exact) mass is 278 g/mol. The Labute approximate surface area is 117 Å². The third-order valence-corrected chi connectivity index (χ3v) is 3.38. The van der Waals surface area contributed by atoms with Crippen LogP contribution in [0.5, 0.6) is 0 Å². The lowest BCUT2D eigenvalue weighted by Gasteiger charge is -2.26. The van der Waals surface area contributed by atoms with Crippen molar-refractivity contribution in [3.63, 3.8) is 0 Å². The van der Waals surface area contributed by atoms with Gasteiger partial charge in [-0.2, -0.15) is 0 Å². The average molecular weight is 278 g/mol. The van der Waals surface area contributed by atoms with Gasteiger partial charge in [0.25, 0.3) is 0 Å². The number of carboxylic acids is 1. The molecule has 0 aromatic heterocycles. The van der Waals surface area contributed by atoms with E-state index in [9.17, 15) is 14.7 Å². The third kappa shape index (κ3) is 3.27. The molecule has 0 saturated carbocycles. The molecular weight excluding hydrogens is 260 g/mol. The SMILES string of the molecule is CN1Cc2cc(C(O)CCCC(=O)O)ccc2NC1=O. The number of nitrogens with zero attached hydrogens (tertiary/aromatic N) is 1. The van der Waals surface area contributed by atoms with Crippen LogP contribution in [0.25, 0.3) is 0 Å². The van der Waals surface area contributed by atoms with Crippen molar-refractivity contribution < 1.29 is 19.8 Å². The quantitative estimate of drug-likeness (QED) is 0.768. The van der Waals surface area contributed by atoms with E-state index in [-0.39, 0.29) is 12.5 Å². The summed E-state index contributed by atoms with van der Waals surface area (Å²) >= 11 is 0. The number of aliphatic carboxylic acids is 1. The molecule has 20 heavy (non-hydrogen) atoms. The lowest BCUT2D eigenvalue weighted by Crippen LogP contribution is -2.35. The van der Waals surface area contributed by atoms with Gasteiger partial charge in [0.15, 0.2) is 0 Å². The Morgan fingerprint density at radius 1 is 1.50 bits per heavy atom. The number of carbonyl (C=O) groups is 2. The Morgan fingerprint density at radius 2 is 2.25 bits per heavy atom. The summed E-state index contributed by atoms with van der Waals surface area (Å²) in [5, 5.41) is 21.4. The summed E-state index contributed by atoms with van der Waals surface area (Å²) < 4.78 is 0. The fraction of sp³-hybridized carbons (Fsp3) is 0.429. The predicted octanol–water partition coefficient (Wildman–Crippen LogP) is 1.95. The Morgan fingerprint density at radius 3 is 2.95 bits per heavy atom. The molecule has 0 saturated heterocycles. The first-order chi connectivity index (χ1) is 9.47. The van der Waals surface area contributed by atoms with Crippen LogP contribution in [0.2, 0.25) is 0 Å². The summed E-state index contributed by atoms with van der Waals surface area (Å²) in [6.07, 6.45) is 0.223. The number of benzene rings is 1. The van der Waals surface area contributed by atoms with Crippen LogP contribution in [0.3, 0.4) is 0 Å². The molecule has 0 fully saturated rings. The molecular formula is C14H18N2O4. The first-order valence-electron chi connectivity index (χ1n) is 6.52. The zero-order chi connectivity index (χ0) is 14.7. The van der Waals surface area contributed by atoms with E-state index in [1.165, 1.54) is 0 Å². The number of urea groups is 1. The largest absolute Gasteiger partial charge is 0.481 e. The fourth-order valence-corrected chi connectivity index (χ4v) is 2.22. The zero-order valence-electron chi connectivity index (χ0n) is 11.3. The molecule has 2 amide bonds. The highest BCUT2D eigenvalue weighted by Crippen LogP contribution is 2.27. The number of rotatable bonds is 5. The minimum Gasteiger partial charge on any atom is -0.481 e. The zero-order valence-corrected chi connectivity index (χ0v) is 11.3. The van der Waals surface area contributed by atoms with Gasteiger partial charge in [0.2, 0.25) is 0 Å². The smallest absolute Gasteiger partial charge is 0.321 e. The number of carbonyl (C=O) groups excluding carboxylic acids is 1. The molecule has 0 radical (unpaired) electrons. The molecule has 1 aliphatic heterocycles. The van der Waals surface area contributed by atoms with E-state index in [0.717, 1.165) is 16.8 Å². The summed E-state index contributed by atoms with van der Waals surface area (Å²) in [6, 6.07) is 5.25. The summed E-state index contributed by atoms with van der Waals surface area (Å²) in [4.78, 5) is 23.5. The lowest BCUT2D eigenvalue weighted by atomic mass is 9.99. The van der Waals surface area contributed by atoms with Crippen molar-refractivity contribution in [1.29, 1.82) is 0 Å². The number of aliphatic hydroxyl groups is 1. The van der Waals surface area contributed by atoms with Gasteiger partial charge in [-0.25, -0.2) is 4.79 Å². The molecule has 1 aromatic rings. The van der Waals surface area contributed by atoms with E-state index in [0.29, 0.717) is 19.4 Å². The molecule has 1 heterocycles. The molecule has 1 aliphatic rings. The summed E-state index contributed by atoms with van der Waals surface area (Å²) in [5.74, 6) is -0.855. The minimum atomic E-state index is -0.855. The van der Waals surface area contributed by atoms with Gasteiger partial charge in [-0.1, -0.05) is 6.07 Å². The second kappa shape index (κ2) is 5.92. The van der Waals surface area contributed by atoms with Crippen molar-refractivity contribution in [2.45, 2.75) is 31.9 Å². The Bertz CT molecular complexity index is 530. The van der Waals surface area contributed by atoms with Gasteiger partial charge in [-0.3, -0.25) is 4.79 Å². The lowest BCUT2D eigenvalue weighted by molar-refractivity contribution is -0.137. The minimum absolute atomic E-state index is 0.0563. The van der Waals surface area contributed by atoms with Crippen LogP contribution < -0.4 is 5.32 Å². The topological polar surface area (TPSA) is 89.9 Å². The highest BCUT2D eigenvalue weighted by molar-refractivity contribution is 5.92. The van der Waals surface area contributed by atoms with E-state index in [4.69, 9.17) is 5.11 Å². The number of carboxylic acid groups (broad SMARTS) is 1. The number of hydrogen-bond donors (Lipinski definition) is 3. The number of anilines is 1. The molecule has 0 bridgehead atoms. The van der Waals surface area contributed by atoms with E-state index < -0.39 is 12.1 Å². The Kier molecular flexibility index (Phi) is 4.24. The van der Waals surface area contributed by atoms with Gasteiger partial charge in [0.1, 0.15) is 0 Å². The molecule has 6 nitrogen and oxygen atoms in total. The third-order valence-electron chi connectivity index (χ3n) is 3.38. The van der Waals surface area contributed by atoms with Crippen LogP contribution in [-0.4, -0.2) is 34.2 Å². The van der Waals surface area contributed by atoms with Gasteiger partial charge in [-0.05, 0) is 36.1 Å². The Hall–Kier alpha value is -2.08. The van der Waals surface area contributed by atoms with Crippen molar-refractivity contribution in [2.24, 2.45) is 0 Å². The van der Waals surface area contributed by atoms with Gasteiger partial charge >= 0.3 is 12.0 Å². The number of nitrogens with one attached hydrogen (secondary N) is 1. The summed E-state index contributed by atoms with van der Waals surface area (Å²) in [7, 11) is 1.70. The first kappa shape index (κ1) is 14.3. The molecule has 0 aliphatic carbocycles. The maximum atomic E-state index is 11.5. The Balaban J connectivity index is 2.05. The number of fused-ring (bicyclic) bond motifs is 1. The fourth-order valence-electron chi connectivity index (χ4n) is 2.22. The van der Waals surface area contributed by atoms with E-state index in [2.05, 4.69) is 5.32 Å². The molecule has 1 unspecified atom stereocenters. The average Bonchev–Trinajstić information content (AvgIpc) is 2.39. The van der Waals surface area contributed by atoms with Crippen LogP contribution in [0.15, 0.2) is 18.2 Å². The number of amides is 2. The summed E-state index contributed by atoms with van der Waals surface area (Å²) in [6.45, 7) is 0.497. The second-order valence-corrected chi connectivity index (χ2v) is 5.00. The molecule has 0 spiro atoms. The van der Waals surface area contributed by atoms with Crippen molar-refractivity contribution in [3.8, 4) is 0 Å². The predicted molar refractivity (Wildman–Crippen MR) is 73.4 cm³/mol. The van der Waals surface area contributed by atoms with Crippen LogP contribution in [0.1, 0.15) is 36.5 Å². The van der Waals surface area contributed by atoms with Crippen LogP contribution in [0.4, 0.5) is 10.5 Å². The van der Waals surface area contributed by atoms with Crippen molar-refractivity contribution in [2.75, 3.05) is 12.4 Å². The van der Waals surface area contributed by atoms with Gasteiger partial charge in [0, 0.05) is 25.7 Å². The maximum Gasteiger partial charge on any atom is 0.321 e. The molecule has 2 rings (SSSR count). The van der Waals surface area contributed by atoms with E-state index in [1.807, 2.05) is 6.07 Å². The van der Waals surface area contributed by atoms with Crippen molar-refractivity contribution in [3.05, 3.63) is 29.3 Å². The molecule has 1 atom stereocenters. The van der Waals surface area contributed by atoms with Crippen LogP contribution in [-0.2, 0) is 11.3 Å². The standard InChI is InChI=1S/C14H18N2O4/c1-16-8-10-7-9(5-6-11(10)15-14(16)20)12(17)3-2-4-13(18)19/h5-7,12,17H,2-4,8H2,1H3,(H,15,20)(H,18,19). The van der Waals surface area contributed by atoms with Crippen molar-refractivity contribution in [1.82, 2.24) is 4.90 Å². The molecule has 1 aromatic carbocycles. The second-order valence-electron chi connectivity index (χ2n) is 5.00. The van der Waals surface area contributed by atoms with E-state index >= 15 is 0 Å². The number of hydrogen-bond acceptors (Lipinski definition) is 3. The van der Waals surface area contributed by atoms with Crippen molar-refractivity contribution >= 4 is 17.7 Å². The molecule has 6 heteroatoms. The molecule has 3 N–H and O–H groups in total. The highest BCUT2D eigenvalue weighted by atomic mass is 16.4.